The topological polar surface area (TPSA) is 29.1 Å². The highest BCUT2D eigenvalue weighted by Gasteiger charge is 2.07. The first-order valence-corrected chi connectivity index (χ1v) is 6.57. The number of amides is 1. The highest BCUT2D eigenvalue weighted by molar-refractivity contribution is 6.04. The molecule has 19 heavy (non-hydrogen) atoms. The maximum absolute atomic E-state index is 12.2. The first-order chi connectivity index (χ1) is 9.10. The number of anilines is 1. The third-order valence-electron chi connectivity index (χ3n) is 3.27. The van der Waals surface area contributed by atoms with E-state index in [4.69, 9.17) is 0 Å². The van der Waals surface area contributed by atoms with Gasteiger partial charge in [-0.1, -0.05) is 31.2 Å². The molecule has 0 radical (unpaired) electrons. The summed E-state index contributed by atoms with van der Waals surface area (Å²) in [6.45, 7) is 6.12. The van der Waals surface area contributed by atoms with Crippen molar-refractivity contribution in [3.05, 3.63) is 64.7 Å². The van der Waals surface area contributed by atoms with E-state index in [0.717, 1.165) is 23.2 Å². The molecule has 0 unspecified atom stereocenters. The summed E-state index contributed by atoms with van der Waals surface area (Å²) in [5, 5.41) is 2.97. The van der Waals surface area contributed by atoms with E-state index in [0.29, 0.717) is 5.56 Å². The smallest absolute Gasteiger partial charge is 0.255 e. The predicted octanol–water partition coefficient (Wildman–Crippen LogP) is 4.12. The van der Waals surface area contributed by atoms with Crippen LogP contribution in [0.2, 0.25) is 0 Å². The van der Waals surface area contributed by atoms with Crippen molar-refractivity contribution >= 4 is 11.6 Å². The summed E-state index contributed by atoms with van der Waals surface area (Å²) in [5.41, 5.74) is 5.03. The molecule has 2 aromatic rings. The standard InChI is InChI=1S/C17H19NO/c1-4-14-7-9-15(10-8-14)17(19)18-16-11-12(2)5-6-13(16)3/h5-11H,4H2,1-3H3,(H,18,19). The zero-order valence-corrected chi connectivity index (χ0v) is 11.7. The number of benzene rings is 2. The molecular weight excluding hydrogens is 234 g/mol. The molecule has 0 heterocycles. The fourth-order valence-electron chi connectivity index (χ4n) is 1.96. The molecule has 0 spiro atoms. The molecule has 0 aliphatic heterocycles. The monoisotopic (exact) mass is 253 g/mol. The highest BCUT2D eigenvalue weighted by atomic mass is 16.1. The molecule has 2 rings (SSSR count). The predicted molar refractivity (Wildman–Crippen MR) is 79.7 cm³/mol. The molecule has 1 amide bonds. The Hall–Kier alpha value is -2.09. The lowest BCUT2D eigenvalue weighted by Crippen LogP contribution is -2.12. The summed E-state index contributed by atoms with van der Waals surface area (Å²) in [4.78, 5) is 12.2. The molecule has 0 bridgehead atoms. The van der Waals surface area contributed by atoms with Crippen LogP contribution in [-0.2, 0) is 6.42 Å². The van der Waals surface area contributed by atoms with Gasteiger partial charge in [0.15, 0.2) is 0 Å². The van der Waals surface area contributed by atoms with Gasteiger partial charge in [-0.15, -0.1) is 0 Å². The molecule has 98 valence electrons. The van der Waals surface area contributed by atoms with E-state index in [1.807, 2.05) is 56.3 Å². The van der Waals surface area contributed by atoms with Gasteiger partial charge in [0.2, 0.25) is 0 Å². The molecule has 0 aliphatic rings. The normalized spacial score (nSPS) is 10.3. The van der Waals surface area contributed by atoms with E-state index in [1.54, 1.807) is 0 Å². The molecule has 0 aliphatic carbocycles. The zero-order valence-electron chi connectivity index (χ0n) is 11.7. The Morgan fingerprint density at radius 3 is 2.37 bits per heavy atom. The second-order valence-corrected chi connectivity index (χ2v) is 4.82. The van der Waals surface area contributed by atoms with Gasteiger partial charge in [0.05, 0.1) is 0 Å². The lowest BCUT2D eigenvalue weighted by Gasteiger charge is -2.09. The van der Waals surface area contributed by atoms with Gasteiger partial charge in [-0.25, -0.2) is 0 Å². The number of hydrogen-bond donors (Lipinski definition) is 1. The van der Waals surface area contributed by atoms with Crippen LogP contribution in [0.4, 0.5) is 5.69 Å². The van der Waals surface area contributed by atoms with Crippen LogP contribution in [0, 0.1) is 13.8 Å². The zero-order chi connectivity index (χ0) is 13.8. The van der Waals surface area contributed by atoms with Crippen molar-refractivity contribution in [2.45, 2.75) is 27.2 Å². The molecule has 2 nitrogen and oxygen atoms in total. The van der Waals surface area contributed by atoms with Crippen molar-refractivity contribution < 1.29 is 4.79 Å². The average Bonchev–Trinajstić information content (AvgIpc) is 2.43. The molecule has 0 fully saturated rings. The SMILES string of the molecule is CCc1ccc(C(=O)Nc2cc(C)ccc2C)cc1. The minimum atomic E-state index is -0.0589. The van der Waals surface area contributed by atoms with Gasteiger partial charge < -0.3 is 5.32 Å². The fraction of sp³-hybridized carbons (Fsp3) is 0.235. The molecular formula is C17H19NO. The van der Waals surface area contributed by atoms with Crippen LogP contribution in [0.15, 0.2) is 42.5 Å². The van der Waals surface area contributed by atoms with Crippen LogP contribution in [0.5, 0.6) is 0 Å². The van der Waals surface area contributed by atoms with Crippen LogP contribution in [0.3, 0.4) is 0 Å². The van der Waals surface area contributed by atoms with Crippen molar-refractivity contribution in [2.75, 3.05) is 5.32 Å². The van der Waals surface area contributed by atoms with Crippen LogP contribution in [0.25, 0.3) is 0 Å². The third kappa shape index (κ3) is 3.22. The lowest BCUT2D eigenvalue weighted by molar-refractivity contribution is 0.102. The number of rotatable bonds is 3. The highest BCUT2D eigenvalue weighted by Crippen LogP contribution is 2.17. The molecule has 0 atom stereocenters. The Labute approximate surface area is 114 Å². The summed E-state index contributed by atoms with van der Waals surface area (Å²) in [5.74, 6) is -0.0589. The number of carbonyl (C=O) groups is 1. The van der Waals surface area contributed by atoms with E-state index < -0.39 is 0 Å². The van der Waals surface area contributed by atoms with Crippen LogP contribution in [-0.4, -0.2) is 5.91 Å². The molecule has 0 aromatic heterocycles. The molecule has 1 N–H and O–H groups in total. The Morgan fingerprint density at radius 1 is 1.05 bits per heavy atom. The van der Waals surface area contributed by atoms with Gasteiger partial charge >= 0.3 is 0 Å². The lowest BCUT2D eigenvalue weighted by atomic mass is 10.1. The van der Waals surface area contributed by atoms with E-state index in [1.165, 1.54) is 5.56 Å². The van der Waals surface area contributed by atoms with Crippen molar-refractivity contribution in [3.63, 3.8) is 0 Å². The van der Waals surface area contributed by atoms with Crippen LogP contribution >= 0.6 is 0 Å². The fourth-order valence-corrected chi connectivity index (χ4v) is 1.96. The van der Waals surface area contributed by atoms with Crippen molar-refractivity contribution in [2.24, 2.45) is 0 Å². The first kappa shape index (κ1) is 13.3. The van der Waals surface area contributed by atoms with Gasteiger partial charge in [0, 0.05) is 11.3 Å². The van der Waals surface area contributed by atoms with E-state index in [9.17, 15) is 4.79 Å². The first-order valence-electron chi connectivity index (χ1n) is 6.57. The summed E-state index contributed by atoms with van der Waals surface area (Å²) in [7, 11) is 0. The molecule has 2 heteroatoms. The van der Waals surface area contributed by atoms with Crippen molar-refractivity contribution in [1.82, 2.24) is 0 Å². The number of nitrogens with one attached hydrogen (secondary N) is 1. The van der Waals surface area contributed by atoms with E-state index in [-0.39, 0.29) is 5.91 Å². The number of hydrogen-bond acceptors (Lipinski definition) is 1. The third-order valence-corrected chi connectivity index (χ3v) is 3.27. The van der Waals surface area contributed by atoms with Gasteiger partial charge in [0.1, 0.15) is 0 Å². The maximum atomic E-state index is 12.2. The van der Waals surface area contributed by atoms with Crippen molar-refractivity contribution in [1.29, 1.82) is 0 Å². The Bertz CT molecular complexity index is 585. The number of aryl methyl sites for hydroxylation is 3. The van der Waals surface area contributed by atoms with Crippen LogP contribution in [0.1, 0.15) is 34.0 Å². The van der Waals surface area contributed by atoms with Crippen molar-refractivity contribution in [3.8, 4) is 0 Å². The number of carbonyl (C=O) groups excluding carboxylic acids is 1. The largest absolute Gasteiger partial charge is 0.322 e. The molecule has 0 saturated carbocycles. The quantitative estimate of drug-likeness (QED) is 0.876. The minimum absolute atomic E-state index is 0.0589. The summed E-state index contributed by atoms with van der Waals surface area (Å²) >= 11 is 0. The van der Waals surface area contributed by atoms with Gasteiger partial charge in [-0.05, 0) is 55.2 Å². The molecule has 2 aromatic carbocycles. The second kappa shape index (κ2) is 5.70. The van der Waals surface area contributed by atoms with E-state index in [2.05, 4.69) is 12.2 Å². The Kier molecular flexibility index (Phi) is 4.00. The van der Waals surface area contributed by atoms with Gasteiger partial charge in [-0.2, -0.15) is 0 Å². The van der Waals surface area contributed by atoms with Gasteiger partial charge in [0.25, 0.3) is 5.91 Å². The summed E-state index contributed by atoms with van der Waals surface area (Å²) in [6, 6.07) is 13.8. The summed E-state index contributed by atoms with van der Waals surface area (Å²) < 4.78 is 0. The Morgan fingerprint density at radius 2 is 1.74 bits per heavy atom. The minimum Gasteiger partial charge on any atom is -0.322 e. The summed E-state index contributed by atoms with van der Waals surface area (Å²) in [6.07, 6.45) is 0.985. The average molecular weight is 253 g/mol. The molecule has 0 saturated heterocycles. The van der Waals surface area contributed by atoms with E-state index >= 15 is 0 Å². The maximum Gasteiger partial charge on any atom is 0.255 e. The van der Waals surface area contributed by atoms with Crippen LogP contribution < -0.4 is 5.32 Å². The second-order valence-electron chi connectivity index (χ2n) is 4.82. The van der Waals surface area contributed by atoms with Gasteiger partial charge in [-0.3, -0.25) is 4.79 Å². The Balaban J connectivity index is 2.18.